The Kier molecular flexibility index (Phi) is 3.48. The van der Waals surface area contributed by atoms with Crippen molar-refractivity contribution >= 4 is 50.2 Å². The molecule has 1 atom stereocenters. The van der Waals surface area contributed by atoms with E-state index in [4.69, 9.17) is 11.6 Å². The number of hydrogen-bond acceptors (Lipinski definition) is 4. The molecular formula is C14H13ClN2S2. The average molecular weight is 309 g/mol. The molecule has 3 aromatic rings. The number of benzene rings is 1. The van der Waals surface area contributed by atoms with Crippen LogP contribution >= 0.6 is 34.3 Å². The van der Waals surface area contributed by atoms with E-state index in [1.165, 1.54) is 9.75 Å². The molecule has 98 valence electrons. The highest BCUT2D eigenvalue weighted by Crippen LogP contribution is 2.35. The normalized spacial score (nSPS) is 12.8. The number of thiophene rings is 1. The van der Waals surface area contributed by atoms with Crippen LogP contribution in [0.15, 0.2) is 29.8 Å². The van der Waals surface area contributed by atoms with E-state index >= 15 is 0 Å². The van der Waals surface area contributed by atoms with Crippen molar-refractivity contribution in [2.24, 2.45) is 0 Å². The second-order valence-corrected chi connectivity index (χ2v) is 7.05. The molecule has 0 aliphatic rings. The summed E-state index contributed by atoms with van der Waals surface area (Å²) in [5.74, 6) is 0. The SMILES string of the molecule is Cc1ccc(C(C)Nc2c(Cl)ccc3scnc23)s1. The molecule has 0 saturated heterocycles. The molecule has 0 spiro atoms. The molecule has 2 nitrogen and oxygen atoms in total. The maximum atomic E-state index is 6.30. The molecule has 1 aromatic carbocycles. The molecule has 0 aliphatic carbocycles. The van der Waals surface area contributed by atoms with Gasteiger partial charge in [0.05, 0.1) is 27.0 Å². The van der Waals surface area contributed by atoms with Crippen molar-refractivity contribution in [3.8, 4) is 0 Å². The molecule has 5 heteroatoms. The zero-order chi connectivity index (χ0) is 13.4. The second-order valence-electron chi connectivity index (χ2n) is 4.44. The van der Waals surface area contributed by atoms with Crippen LogP contribution in [0.25, 0.3) is 10.2 Å². The number of halogens is 1. The maximum absolute atomic E-state index is 6.30. The highest BCUT2D eigenvalue weighted by molar-refractivity contribution is 7.16. The van der Waals surface area contributed by atoms with Gasteiger partial charge in [-0.3, -0.25) is 0 Å². The first kappa shape index (κ1) is 12.9. The van der Waals surface area contributed by atoms with Crippen LogP contribution in [0.5, 0.6) is 0 Å². The summed E-state index contributed by atoms with van der Waals surface area (Å²) < 4.78 is 1.15. The fourth-order valence-corrected chi connectivity index (χ4v) is 3.79. The molecule has 2 heterocycles. The number of anilines is 1. The molecule has 0 bridgehead atoms. The predicted octanol–water partition coefficient (Wildman–Crippen LogP) is 5.49. The number of fused-ring (bicyclic) bond motifs is 1. The first-order valence-corrected chi connectivity index (χ1v) is 8.07. The number of aryl methyl sites for hydroxylation is 1. The Balaban J connectivity index is 1.96. The number of nitrogens with zero attached hydrogens (tertiary/aromatic N) is 1. The molecule has 19 heavy (non-hydrogen) atoms. The molecule has 0 aliphatic heterocycles. The number of nitrogens with one attached hydrogen (secondary N) is 1. The topological polar surface area (TPSA) is 24.9 Å². The summed E-state index contributed by atoms with van der Waals surface area (Å²) in [6.07, 6.45) is 0. The van der Waals surface area contributed by atoms with Crippen LogP contribution in [0, 0.1) is 6.92 Å². The van der Waals surface area contributed by atoms with Gasteiger partial charge in [0, 0.05) is 9.75 Å². The minimum absolute atomic E-state index is 0.225. The number of hydrogen-bond donors (Lipinski definition) is 1. The van der Waals surface area contributed by atoms with Gasteiger partial charge in [-0.05, 0) is 38.1 Å². The summed E-state index contributed by atoms with van der Waals surface area (Å²) in [6.45, 7) is 4.27. The van der Waals surface area contributed by atoms with Gasteiger partial charge in [0.2, 0.25) is 0 Å². The van der Waals surface area contributed by atoms with Gasteiger partial charge in [0.25, 0.3) is 0 Å². The summed E-state index contributed by atoms with van der Waals surface area (Å²) >= 11 is 9.74. The van der Waals surface area contributed by atoms with E-state index in [-0.39, 0.29) is 6.04 Å². The van der Waals surface area contributed by atoms with E-state index in [1.807, 2.05) is 17.6 Å². The van der Waals surface area contributed by atoms with E-state index in [0.717, 1.165) is 20.9 Å². The van der Waals surface area contributed by atoms with Gasteiger partial charge in [0.1, 0.15) is 5.52 Å². The van der Waals surface area contributed by atoms with Crippen LogP contribution in [-0.2, 0) is 0 Å². The monoisotopic (exact) mass is 308 g/mol. The third-order valence-corrected chi connectivity index (χ3v) is 5.29. The third-order valence-electron chi connectivity index (χ3n) is 3.00. The van der Waals surface area contributed by atoms with Gasteiger partial charge in [-0.2, -0.15) is 0 Å². The Bertz CT molecular complexity index is 717. The van der Waals surface area contributed by atoms with Crippen molar-refractivity contribution in [2.45, 2.75) is 19.9 Å². The minimum atomic E-state index is 0.225. The van der Waals surface area contributed by atoms with Gasteiger partial charge in [-0.25, -0.2) is 4.98 Å². The standard InChI is InChI=1S/C14H13ClN2S2/c1-8-3-5-11(19-8)9(2)17-13-10(15)4-6-12-14(13)16-7-18-12/h3-7,9,17H,1-2H3. The van der Waals surface area contributed by atoms with Gasteiger partial charge in [0.15, 0.2) is 0 Å². The number of thiazole rings is 1. The molecule has 1 N–H and O–H groups in total. The van der Waals surface area contributed by atoms with Crippen LogP contribution in [0.1, 0.15) is 22.7 Å². The fourth-order valence-electron chi connectivity index (χ4n) is 2.02. The van der Waals surface area contributed by atoms with E-state index in [2.05, 4.69) is 36.3 Å². The Morgan fingerprint density at radius 1 is 1.26 bits per heavy atom. The van der Waals surface area contributed by atoms with Crippen LogP contribution in [0.2, 0.25) is 5.02 Å². The van der Waals surface area contributed by atoms with Gasteiger partial charge in [-0.15, -0.1) is 22.7 Å². The Morgan fingerprint density at radius 2 is 2.11 bits per heavy atom. The molecule has 0 fully saturated rings. The summed E-state index contributed by atoms with van der Waals surface area (Å²) in [5.41, 5.74) is 3.74. The van der Waals surface area contributed by atoms with Crippen LogP contribution < -0.4 is 5.32 Å². The average Bonchev–Trinajstić information content (AvgIpc) is 3.01. The largest absolute Gasteiger partial charge is 0.375 e. The smallest absolute Gasteiger partial charge is 0.106 e. The van der Waals surface area contributed by atoms with E-state index in [9.17, 15) is 0 Å². The highest BCUT2D eigenvalue weighted by atomic mass is 35.5. The minimum Gasteiger partial charge on any atom is -0.375 e. The molecule has 0 radical (unpaired) electrons. The van der Waals surface area contributed by atoms with E-state index in [0.29, 0.717) is 0 Å². The zero-order valence-corrected chi connectivity index (χ0v) is 13.0. The van der Waals surface area contributed by atoms with E-state index < -0.39 is 0 Å². The first-order chi connectivity index (χ1) is 9.15. The molecule has 0 saturated carbocycles. The van der Waals surface area contributed by atoms with Crippen molar-refractivity contribution in [3.63, 3.8) is 0 Å². The summed E-state index contributed by atoms with van der Waals surface area (Å²) in [5, 5.41) is 4.21. The molecule has 0 amide bonds. The van der Waals surface area contributed by atoms with Crippen LogP contribution in [0.4, 0.5) is 5.69 Å². The van der Waals surface area contributed by atoms with Crippen LogP contribution in [0.3, 0.4) is 0 Å². The fraction of sp³-hybridized carbons (Fsp3) is 0.214. The van der Waals surface area contributed by atoms with Gasteiger partial charge in [-0.1, -0.05) is 11.6 Å². The lowest BCUT2D eigenvalue weighted by Crippen LogP contribution is -2.05. The predicted molar refractivity (Wildman–Crippen MR) is 85.7 cm³/mol. The number of rotatable bonds is 3. The number of aromatic nitrogens is 1. The zero-order valence-electron chi connectivity index (χ0n) is 10.6. The first-order valence-electron chi connectivity index (χ1n) is 5.99. The summed E-state index contributed by atoms with van der Waals surface area (Å²) in [7, 11) is 0. The van der Waals surface area contributed by atoms with Gasteiger partial charge >= 0.3 is 0 Å². The Labute approximate surface area is 125 Å². The molecular weight excluding hydrogens is 296 g/mol. The second kappa shape index (κ2) is 5.12. The lowest BCUT2D eigenvalue weighted by Gasteiger charge is -2.15. The van der Waals surface area contributed by atoms with Crippen molar-refractivity contribution in [3.05, 3.63) is 44.6 Å². The van der Waals surface area contributed by atoms with Crippen molar-refractivity contribution in [1.82, 2.24) is 4.98 Å². The molecule has 3 rings (SSSR count). The van der Waals surface area contributed by atoms with Crippen molar-refractivity contribution in [1.29, 1.82) is 0 Å². The Morgan fingerprint density at radius 3 is 2.84 bits per heavy atom. The van der Waals surface area contributed by atoms with Crippen molar-refractivity contribution in [2.75, 3.05) is 5.32 Å². The summed E-state index contributed by atoms with van der Waals surface area (Å²) in [4.78, 5) is 7.03. The van der Waals surface area contributed by atoms with E-state index in [1.54, 1.807) is 22.7 Å². The Hall–Kier alpha value is -1.10. The summed E-state index contributed by atoms with van der Waals surface area (Å²) in [6, 6.07) is 8.47. The lowest BCUT2D eigenvalue weighted by atomic mass is 10.2. The molecule has 1 unspecified atom stereocenters. The quantitative estimate of drug-likeness (QED) is 0.691. The van der Waals surface area contributed by atoms with Gasteiger partial charge < -0.3 is 5.32 Å². The lowest BCUT2D eigenvalue weighted by molar-refractivity contribution is 0.910. The highest BCUT2D eigenvalue weighted by Gasteiger charge is 2.13. The third kappa shape index (κ3) is 2.48. The van der Waals surface area contributed by atoms with Crippen molar-refractivity contribution < 1.29 is 0 Å². The molecule has 2 aromatic heterocycles. The maximum Gasteiger partial charge on any atom is 0.106 e. The van der Waals surface area contributed by atoms with Crippen LogP contribution in [-0.4, -0.2) is 4.98 Å².